The molecule has 1 fully saturated rings. The third kappa shape index (κ3) is 5.36. The molecule has 1 aromatic heterocycles. The summed E-state index contributed by atoms with van der Waals surface area (Å²) < 4.78 is 29.6. The Kier molecular flexibility index (Phi) is 6.83. The first-order valence-corrected chi connectivity index (χ1v) is 9.69. The number of amides is 2. The number of benzene rings is 1. The Hall–Kier alpha value is -3.50. The molecule has 2 amide bonds. The smallest absolute Gasteiger partial charge is 0.387 e. The van der Waals surface area contributed by atoms with E-state index >= 15 is 0 Å². The Morgan fingerprint density at radius 2 is 1.71 bits per heavy atom. The zero-order chi connectivity index (χ0) is 22.5. The van der Waals surface area contributed by atoms with E-state index in [-0.39, 0.29) is 56.2 Å². The van der Waals surface area contributed by atoms with Crippen molar-refractivity contribution in [2.75, 3.05) is 26.2 Å². The summed E-state index contributed by atoms with van der Waals surface area (Å²) in [5.41, 5.74) is -0.317. The Morgan fingerprint density at radius 1 is 1.06 bits per heavy atom. The number of aromatic nitrogens is 2. The van der Waals surface area contributed by atoms with E-state index in [1.54, 1.807) is 17.9 Å². The van der Waals surface area contributed by atoms with Crippen LogP contribution in [0.1, 0.15) is 28.0 Å². The number of alkyl halides is 2. The molecule has 2 heterocycles. The Bertz CT molecular complexity index is 1070. The van der Waals surface area contributed by atoms with Crippen LogP contribution < -0.4 is 16.0 Å². The lowest BCUT2D eigenvalue weighted by atomic mass is 10.1. The van der Waals surface area contributed by atoms with Crippen molar-refractivity contribution in [1.29, 1.82) is 0 Å². The fraction of sp³-hybridized carbons (Fsp3) is 0.400. The third-order valence-electron chi connectivity index (χ3n) is 5.10. The van der Waals surface area contributed by atoms with E-state index in [2.05, 4.69) is 14.7 Å². The van der Waals surface area contributed by atoms with E-state index in [4.69, 9.17) is 0 Å². The zero-order valence-corrected chi connectivity index (χ0v) is 16.8. The molecule has 3 rings (SSSR count). The number of aromatic amines is 2. The van der Waals surface area contributed by atoms with Crippen molar-refractivity contribution in [3.8, 4) is 5.75 Å². The molecule has 166 valence electrons. The lowest BCUT2D eigenvalue weighted by Gasteiger charge is -2.35. The Morgan fingerprint density at radius 3 is 2.35 bits per heavy atom. The highest BCUT2D eigenvalue weighted by Crippen LogP contribution is 2.22. The number of aryl methyl sites for hydroxylation is 1. The van der Waals surface area contributed by atoms with Crippen LogP contribution in [0.3, 0.4) is 0 Å². The number of hydrogen-bond donors (Lipinski definition) is 2. The molecule has 0 spiro atoms. The predicted octanol–water partition coefficient (Wildman–Crippen LogP) is 0.890. The molecule has 0 saturated carbocycles. The van der Waals surface area contributed by atoms with Crippen LogP contribution in [0.15, 0.2) is 33.9 Å². The molecule has 1 saturated heterocycles. The quantitative estimate of drug-likeness (QED) is 0.698. The molecule has 0 aliphatic carbocycles. The van der Waals surface area contributed by atoms with E-state index in [0.717, 1.165) is 0 Å². The molecule has 9 nitrogen and oxygen atoms in total. The van der Waals surface area contributed by atoms with Crippen LogP contribution in [0.25, 0.3) is 0 Å². The molecular weight excluding hydrogens is 414 g/mol. The van der Waals surface area contributed by atoms with E-state index in [0.29, 0.717) is 11.3 Å². The molecule has 1 aromatic carbocycles. The van der Waals surface area contributed by atoms with Gasteiger partial charge in [-0.05, 0) is 25.5 Å². The van der Waals surface area contributed by atoms with Crippen molar-refractivity contribution in [2.24, 2.45) is 0 Å². The van der Waals surface area contributed by atoms with Gasteiger partial charge in [-0.1, -0.05) is 12.1 Å². The molecule has 2 aromatic rings. The van der Waals surface area contributed by atoms with Gasteiger partial charge in [0.15, 0.2) is 0 Å². The van der Waals surface area contributed by atoms with Crippen LogP contribution in [-0.2, 0) is 11.2 Å². The molecule has 0 radical (unpaired) electrons. The molecule has 1 aliphatic rings. The topological polar surface area (TPSA) is 116 Å². The molecule has 2 N–H and O–H groups in total. The number of para-hydroxylation sites is 1. The summed E-state index contributed by atoms with van der Waals surface area (Å²) in [4.78, 5) is 56.1. The minimum absolute atomic E-state index is 0.0374. The highest BCUT2D eigenvalue weighted by Gasteiger charge is 2.27. The van der Waals surface area contributed by atoms with E-state index in [1.807, 2.05) is 0 Å². The number of nitrogens with one attached hydrogen (secondary N) is 2. The highest BCUT2D eigenvalue weighted by atomic mass is 19.3. The maximum absolute atomic E-state index is 12.7. The standard InChI is InChI=1S/C20H22F2N4O5/c1-12-13(17(28)24-20(30)23-12)6-7-16(27)25-8-10-26(11-9-25)18(29)14-4-2-3-5-15(14)31-19(21)22/h2-5,19H,6-11H2,1H3,(H2,23,24,28,30). The molecule has 0 atom stereocenters. The normalized spacial score (nSPS) is 14.1. The lowest BCUT2D eigenvalue weighted by molar-refractivity contribution is -0.132. The minimum Gasteiger partial charge on any atom is -0.434 e. The summed E-state index contributed by atoms with van der Waals surface area (Å²) in [7, 11) is 0. The van der Waals surface area contributed by atoms with Crippen LogP contribution in [-0.4, -0.2) is 64.4 Å². The minimum atomic E-state index is -3.04. The van der Waals surface area contributed by atoms with Gasteiger partial charge >= 0.3 is 12.3 Å². The summed E-state index contributed by atoms with van der Waals surface area (Å²) >= 11 is 0. The van der Waals surface area contributed by atoms with Crippen LogP contribution >= 0.6 is 0 Å². The predicted molar refractivity (Wildman–Crippen MR) is 106 cm³/mol. The number of carbonyl (C=O) groups excluding carboxylic acids is 2. The van der Waals surface area contributed by atoms with Gasteiger partial charge in [0.1, 0.15) is 5.75 Å². The molecule has 31 heavy (non-hydrogen) atoms. The van der Waals surface area contributed by atoms with Crippen molar-refractivity contribution < 1.29 is 23.1 Å². The van der Waals surface area contributed by atoms with Gasteiger partial charge in [0, 0.05) is 43.9 Å². The molecule has 0 unspecified atom stereocenters. The first-order valence-electron chi connectivity index (χ1n) is 9.69. The number of H-pyrrole nitrogens is 2. The second kappa shape index (κ2) is 9.54. The second-order valence-corrected chi connectivity index (χ2v) is 7.06. The van der Waals surface area contributed by atoms with Crippen LogP contribution in [0.2, 0.25) is 0 Å². The van der Waals surface area contributed by atoms with Crippen LogP contribution in [0, 0.1) is 6.92 Å². The molecule has 11 heteroatoms. The monoisotopic (exact) mass is 436 g/mol. The first-order chi connectivity index (χ1) is 14.8. The second-order valence-electron chi connectivity index (χ2n) is 7.06. The highest BCUT2D eigenvalue weighted by molar-refractivity contribution is 5.97. The summed E-state index contributed by atoms with van der Waals surface area (Å²) in [6.45, 7) is -0.400. The third-order valence-corrected chi connectivity index (χ3v) is 5.10. The van der Waals surface area contributed by atoms with Crippen LogP contribution in [0.5, 0.6) is 5.75 Å². The fourth-order valence-corrected chi connectivity index (χ4v) is 3.49. The van der Waals surface area contributed by atoms with Crippen molar-refractivity contribution in [3.63, 3.8) is 0 Å². The Labute approximate surface area is 175 Å². The van der Waals surface area contributed by atoms with Gasteiger partial charge in [0.25, 0.3) is 11.5 Å². The summed E-state index contributed by atoms with van der Waals surface area (Å²) in [5, 5.41) is 0. The van der Waals surface area contributed by atoms with Gasteiger partial charge in [-0.25, -0.2) is 4.79 Å². The van der Waals surface area contributed by atoms with E-state index in [1.165, 1.54) is 23.1 Å². The Balaban J connectivity index is 1.57. The van der Waals surface area contributed by atoms with E-state index in [9.17, 15) is 28.0 Å². The summed E-state index contributed by atoms with van der Waals surface area (Å²) in [6, 6.07) is 5.79. The first kappa shape index (κ1) is 22.2. The van der Waals surface area contributed by atoms with Gasteiger partial charge in [0.05, 0.1) is 5.56 Å². The van der Waals surface area contributed by atoms with Crippen molar-refractivity contribution in [1.82, 2.24) is 19.8 Å². The van der Waals surface area contributed by atoms with Crippen molar-refractivity contribution >= 4 is 11.8 Å². The van der Waals surface area contributed by atoms with Crippen molar-refractivity contribution in [3.05, 3.63) is 61.9 Å². The van der Waals surface area contributed by atoms with Gasteiger partial charge in [-0.3, -0.25) is 19.4 Å². The van der Waals surface area contributed by atoms with Gasteiger partial charge in [-0.2, -0.15) is 8.78 Å². The molecule has 1 aliphatic heterocycles. The number of rotatable bonds is 6. The average molecular weight is 436 g/mol. The number of carbonyl (C=O) groups is 2. The largest absolute Gasteiger partial charge is 0.434 e. The number of nitrogens with zero attached hydrogens (tertiary/aromatic N) is 2. The maximum atomic E-state index is 12.7. The zero-order valence-electron chi connectivity index (χ0n) is 16.8. The lowest BCUT2D eigenvalue weighted by Crippen LogP contribution is -2.50. The number of hydrogen-bond acceptors (Lipinski definition) is 5. The number of piperazine rings is 1. The summed E-state index contributed by atoms with van der Waals surface area (Å²) in [5.74, 6) is -0.820. The average Bonchev–Trinajstić information content (AvgIpc) is 2.72. The van der Waals surface area contributed by atoms with Gasteiger partial charge in [0.2, 0.25) is 5.91 Å². The number of ether oxygens (including phenoxy) is 1. The maximum Gasteiger partial charge on any atom is 0.387 e. The summed E-state index contributed by atoms with van der Waals surface area (Å²) in [6.07, 6.45) is 0.253. The van der Waals surface area contributed by atoms with Gasteiger partial charge in [-0.15, -0.1) is 0 Å². The fourth-order valence-electron chi connectivity index (χ4n) is 3.49. The SMILES string of the molecule is Cc1[nH]c(=O)[nH]c(=O)c1CCC(=O)N1CCN(C(=O)c2ccccc2OC(F)F)CC1. The van der Waals surface area contributed by atoms with Gasteiger partial charge < -0.3 is 19.5 Å². The van der Waals surface area contributed by atoms with E-state index < -0.39 is 23.8 Å². The molecular formula is C20H22F2N4O5. The van der Waals surface area contributed by atoms with Crippen molar-refractivity contribution in [2.45, 2.75) is 26.4 Å². The van der Waals surface area contributed by atoms with Crippen LogP contribution in [0.4, 0.5) is 8.78 Å². The number of halogens is 2. The molecule has 0 bridgehead atoms.